The van der Waals surface area contributed by atoms with E-state index in [1.807, 2.05) is 0 Å². The third kappa shape index (κ3) is 10.2. The molecule has 2 nitrogen and oxygen atoms in total. The number of rotatable bonds is 7. The van der Waals surface area contributed by atoms with E-state index in [4.69, 9.17) is 0 Å². The smallest absolute Gasteiger partial charge is 0.00965 e. The monoisotopic (exact) mass is 214 g/mol. The average Bonchev–Trinajstić information content (AvgIpc) is 2.08. The van der Waals surface area contributed by atoms with Crippen LogP contribution in [-0.2, 0) is 0 Å². The average molecular weight is 214 g/mol. The molecule has 0 aromatic heterocycles. The van der Waals surface area contributed by atoms with Crippen LogP contribution in [0.25, 0.3) is 0 Å². The summed E-state index contributed by atoms with van der Waals surface area (Å²) in [5.74, 6) is 1.56. The number of hydrogen-bond acceptors (Lipinski definition) is 2. The highest BCUT2D eigenvalue weighted by Crippen LogP contribution is 2.07. The zero-order valence-corrected chi connectivity index (χ0v) is 11.5. The minimum Gasteiger partial charge on any atom is -0.316 e. The van der Waals surface area contributed by atoms with Crippen LogP contribution >= 0.6 is 0 Å². The molecule has 0 aliphatic rings. The van der Waals surface area contributed by atoms with Gasteiger partial charge in [-0.2, -0.15) is 0 Å². The Hall–Kier alpha value is -0.0800. The molecule has 0 fully saturated rings. The normalized spacial score (nSPS) is 14.6. The molecule has 15 heavy (non-hydrogen) atoms. The van der Waals surface area contributed by atoms with Gasteiger partial charge in [-0.25, -0.2) is 0 Å². The highest BCUT2D eigenvalue weighted by molar-refractivity contribution is 4.70. The zero-order valence-electron chi connectivity index (χ0n) is 11.5. The van der Waals surface area contributed by atoms with Crippen LogP contribution in [0.2, 0.25) is 0 Å². The van der Waals surface area contributed by atoms with Crippen molar-refractivity contribution in [3.63, 3.8) is 0 Å². The zero-order chi connectivity index (χ0) is 11.9. The molecule has 2 heteroatoms. The van der Waals surface area contributed by atoms with Crippen molar-refractivity contribution < 1.29 is 0 Å². The van der Waals surface area contributed by atoms with Crippen molar-refractivity contribution in [2.24, 2.45) is 11.8 Å². The summed E-state index contributed by atoms with van der Waals surface area (Å²) >= 11 is 0. The SMILES string of the molecule is CC(C)C(C)CNCCCNC(C)(C)C. The molecule has 2 N–H and O–H groups in total. The molecule has 0 saturated heterocycles. The van der Waals surface area contributed by atoms with Crippen LogP contribution in [0.3, 0.4) is 0 Å². The first-order valence-corrected chi connectivity index (χ1v) is 6.28. The summed E-state index contributed by atoms with van der Waals surface area (Å²) in [7, 11) is 0. The quantitative estimate of drug-likeness (QED) is 0.637. The van der Waals surface area contributed by atoms with Gasteiger partial charge in [0, 0.05) is 5.54 Å². The van der Waals surface area contributed by atoms with Crippen LogP contribution in [0.4, 0.5) is 0 Å². The molecule has 0 aromatic carbocycles. The molecule has 0 rings (SSSR count). The van der Waals surface area contributed by atoms with Gasteiger partial charge < -0.3 is 10.6 Å². The van der Waals surface area contributed by atoms with E-state index in [0.29, 0.717) is 0 Å². The molecule has 0 aliphatic carbocycles. The van der Waals surface area contributed by atoms with Crippen molar-refractivity contribution in [3.8, 4) is 0 Å². The second-order valence-electron chi connectivity index (χ2n) is 5.96. The highest BCUT2D eigenvalue weighted by atomic mass is 14.9. The van der Waals surface area contributed by atoms with E-state index in [2.05, 4.69) is 52.2 Å². The fraction of sp³-hybridized carbons (Fsp3) is 1.00. The molecule has 0 saturated carbocycles. The first-order valence-electron chi connectivity index (χ1n) is 6.28. The molecule has 92 valence electrons. The second-order valence-corrected chi connectivity index (χ2v) is 5.96. The summed E-state index contributed by atoms with van der Waals surface area (Å²) in [4.78, 5) is 0. The van der Waals surface area contributed by atoms with Crippen molar-refractivity contribution in [2.75, 3.05) is 19.6 Å². The van der Waals surface area contributed by atoms with E-state index in [1.165, 1.54) is 6.42 Å². The van der Waals surface area contributed by atoms with Gasteiger partial charge in [0.2, 0.25) is 0 Å². The molecule has 0 radical (unpaired) electrons. The van der Waals surface area contributed by atoms with Gasteiger partial charge in [0.15, 0.2) is 0 Å². The molecule has 0 aromatic rings. The first-order chi connectivity index (χ1) is 6.83. The fourth-order valence-electron chi connectivity index (χ4n) is 1.24. The van der Waals surface area contributed by atoms with E-state index in [0.717, 1.165) is 31.5 Å². The van der Waals surface area contributed by atoms with Gasteiger partial charge in [0.1, 0.15) is 0 Å². The fourth-order valence-corrected chi connectivity index (χ4v) is 1.24. The van der Waals surface area contributed by atoms with Crippen molar-refractivity contribution in [3.05, 3.63) is 0 Å². The van der Waals surface area contributed by atoms with E-state index in [-0.39, 0.29) is 5.54 Å². The Labute approximate surface area is 96.2 Å². The van der Waals surface area contributed by atoms with Crippen molar-refractivity contribution >= 4 is 0 Å². The summed E-state index contributed by atoms with van der Waals surface area (Å²) in [6.45, 7) is 16.9. The second kappa shape index (κ2) is 7.24. The maximum atomic E-state index is 3.51. The Bertz CT molecular complexity index is 147. The van der Waals surface area contributed by atoms with Crippen molar-refractivity contribution in [1.29, 1.82) is 0 Å². The van der Waals surface area contributed by atoms with Crippen LogP contribution in [0.1, 0.15) is 48.0 Å². The lowest BCUT2D eigenvalue weighted by atomic mass is 9.98. The van der Waals surface area contributed by atoms with Crippen LogP contribution in [0.5, 0.6) is 0 Å². The van der Waals surface area contributed by atoms with Gasteiger partial charge in [-0.05, 0) is 58.7 Å². The minimum absolute atomic E-state index is 0.255. The summed E-state index contributed by atoms with van der Waals surface area (Å²) in [5, 5.41) is 7.01. The lowest BCUT2D eigenvalue weighted by Crippen LogP contribution is -2.37. The van der Waals surface area contributed by atoms with E-state index in [1.54, 1.807) is 0 Å². The standard InChI is InChI=1S/C13H30N2/c1-11(2)12(3)10-14-8-7-9-15-13(4,5)6/h11-12,14-15H,7-10H2,1-6H3. The highest BCUT2D eigenvalue weighted by Gasteiger charge is 2.08. The van der Waals surface area contributed by atoms with Crippen LogP contribution in [0.15, 0.2) is 0 Å². The van der Waals surface area contributed by atoms with Crippen molar-refractivity contribution in [1.82, 2.24) is 10.6 Å². The lowest BCUT2D eigenvalue weighted by molar-refractivity contribution is 0.382. The molecule has 0 heterocycles. The molecule has 1 atom stereocenters. The Balaban J connectivity index is 3.26. The first kappa shape index (κ1) is 14.9. The molecule has 0 amide bonds. The van der Waals surface area contributed by atoms with Gasteiger partial charge >= 0.3 is 0 Å². The topological polar surface area (TPSA) is 24.1 Å². The van der Waals surface area contributed by atoms with Crippen LogP contribution < -0.4 is 10.6 Å². The summed E-state index contributed by atoms with van der Waals surface area (Å²) in [6, 6.07) is 0. The maximum absolute atomic E-state index is 3.51. The van der Waals surface area contributed by atoms with E-state index in [9.17, 15) is 0 Å². The van der Waals surface area contributed by atoms with E-state index < -0.39 is 0 Å². The Morgan fingerprint density at radius 2 is 1.60 bits per heavy atom. The van der Waals surface area contributed by atoms with Crippen LogP contribution in [0, 0.1) is 11.8 Å². The summed E-state index contributed by atoms with van der Waals surface area (Å²) in [6.07, 6.45) is 1.21. The van der Waals surface area contributed by atoms with Gasteiger partial charge in [0.05, 0.1) is 0 Å². The largest absolute Gasteiger partial charge is 0.316 e. The van der Waals surface area contributed by atoms with Gasteiger partial charge in [-0.1, -0.05) is 20.8 Å². The molecular formula is C13H30N2. The van der Waals surface area contributed by atoms with Crippen LogP contribution in [-0.4, -0.2) is 25.2 Å². The minimum atomic E-state index is 0.255. The van der Waals surface area contributed by atoms with Crippen molar-refractivity contribution in [2.45, 2.75) is 53.5 Å². The maximum Gasteiger partial charge on any atom is 0.00965 e. The third-order valence-corrected chi connectivity index (χ3v) is 2.79. The molecule has 0 bridgehead atoms. The Kier molecular flexibility index (Phi) is 7.20. The molecular weight excluding hydrogens is 184 g/mol. The van der Waals surface area contributed by atoms with Gasteiger partial charge in [-0.15, -0.1) is 0 Å². The van der Waals surface area contributed by atoms with E-state index >= 15 is 0 Å². The lowest BCUT2D eigenvalue weighted by Gasteiger charge is -2.21. The molecule has 0 aliphatic heterocycles. The van der Waals surface area contributed by atoms with Gasteiger partial charge in [0.25, 0.3) is 0 Å². The predicted molar refractivity (Wildman–Crippen MR) is 69.2 cm³/mol. The molecule has 1 unspecified atom stereocenters. The summed E-state index contributed by atoms with van der Waals surface area (Å²) in [5.41, 5.74) is 0.255. The Morgan fingerprint density at radius 3 is 2.07 bits per heavy atom. The third-order valence-electron chi connectivity index (χ3n) is 2.79. The Morgan fingerprint density at radius 1 is 1.00 bits per heavy atom. The summed E-state index contributed by atoms with van der Waals surface area (Å²) < 4.78 is 0. The van der Waals surface area contributed by atoms with Gasteiger partial charge in [-0.3, -0.25) is 0 Å². The predicted octanol–water partition coefficient (Wildman–Crippen LogP) is 2.65. The number of hydrogen-bond donors (Lipinski definition) is 2. The number of nitrogens with one attached hydrogen (secondary N) is 2. The molecule has 0 spiro atoms.